The molecule has 0 aliphatic carbocycles. The number of benzene rings is 1. The highest BCUT2D eigenvalue weighted by Crippen LogP contribution is 2.19. The summed E-state index contributed by atoms with van der Waals surface area (Å²) < 4.78 is 17.6. The molecule has 0 aromatic heterocycles. The molecule has 1 heterocycles. The molecule has 2 rings (SSSR count). The topological polar surface area (TPSA) is 48.2 Å². The van der Waals surface area contributed by atoms with Crippen LogP contribution in [0.1, 0.15) is 18.9 Å². The molecule has 3 nitrogen and oxygen atoms in total. The third-order valence-corrected chi connectivity index (χ3v) is 2.88. The van der Waals surface area contributed by atoms with Gasteiger partial charge in [0.15, 0.2) is 0 Å². The van der Waals surface area contributed by atoms with Crippen molar-refractivity contribution in [1.82, 2.24) is 5.32 Å². The minimum absolute atomic E-state index is 0.143. The number of carbonyl (C=O) groups is 1. The van der Waals surface area contributed by atoms with E-state index in [1.165, 1.54) is 12.1 Å². The summed E-state index contributed by atoms with van der Waals surface area (Å²) >= 11 is 0. The highest BCUT2D eigenvalue weighted by Gasteiger charge is 2.42. The van der Waals surface area contributed by atoms with Gasteiger partial charge in [-0.05, 0) is 37.5 Å². The zero-order valence-electron chi connectivity index (χ0n) is 9.78. The Morgan fingerprint density at radius 2 is 2.12 bits per heavy atom. The molecule has 1 saturated heterocycles. The van der Waals surface area contributed by atoms with Crippen molar-refractivity contribution in [3.63, 3.8) is 0 Å². The summed E-state index contributed by atoms with van der Waals surface area (Å²) in [4.78, 5) is 11.3. The first-order valence-corrected chi connectivity index (χ1v) is 5.88. The third kappa shape index (κ3) is 3.27. The zero-order chi connectivity index (χ0) is 12.3. The van der Waals surface area contributed by atoms with Crippen LogP contribution in [0.4, 0.5) is 4.39 Å². The Kier molecular flexibility index (Phi) is 3.74. The van der Waals surface area contributed by atoms with E-state index in [0.29, 0.717) is 6.61 Å². The van der Waals surface area contributed by atoms with Gasteiger partial charge in [0.05, 0.1) is 6.61 Å². The predicted octanol–water partition coefficient (Wildman–Crippen LogP) is 1.66. The molecule has 2 atom stereocenters. The van der Waals surface area contributed by atoms with E-state index in [9.17, 15) is 9.18 Å². The fraction of sp³-hybridized carbons (Fsp3) is 0.462. The summed E-state index contributed by atoms with van der Waals surface area (Å²) in [5.74, 6) is -0.390. The molecule has 1 N–H and O–H groups in total. The van der Waals surface area contributed by atoms with Gasteiger partial charge in [0, 0.05) is 6.04 Å². The molecule has 0 spiro atoms. The lowest BCUT2D eigenvalue weighted by Crippen LogP contribution is -2.15. The summed E-state index contributed by atoms with van der Waals surface area (Å²) in [6, 6.07) is 6.53. The van der Waals surface area contributed by atoms with Crippen molar-refractivity contribution >= 4 is 5.97 Å². The molecule has 1 fully saturated rings. The van der Waals surface area contributed by atoms with E-state index in [1.54, 1.807) is 19.1 Å². The first kappa shape index (κ1) is 12.0. The van der Waals surface area contributed by atoms with Crippen LogP contribution in [0.25, 0.3) is 0 Å². The summed E-state index contributed by atoms with van der Waals surface area (Å²) in [5.41, 5.74) is 1.09. The molecule has 1 aromatic carbocycles. The lowest BCUT2D eigenvalue weighted by atomic mass is 10.1. The molecule has 0 radical (unpaired) electrons. The van der Waals surface area contributed by atoms with Crippen LogP contribution in [-0.2, 0) is 16.0 Å². The van der Waals surface area contributed by atoms with Crippen molar-refractivity contribution in [2.75, 3.05) is 6.61 Å². The number of nitrogens with one attached hydrogen (secondary N) is 1. The molecule has 1 aromatic rings. The maximum Gasteiger partial charge on any atom is 0.324 e. The molecule has 0 bridgehead atoms. The quantitative estimate of drug-likeness (QED) is 0.626. The summed E-state index contributed by atoms with van der Waals surface area (Å²) in [5, 5.41) is 3.09. The largest absolute Gasteiger partial charge is 0.465 e. The summed E-state index contributed by atoms with van der Waals surface area (Å²) in [7, 11) is 0. The van der Waals surface area contributed by atoms with Gasteiger partial charge in [0.1, 0.15) is 11.9 Å². The van der Waals surface area contributed by atoms with E-state index >= 15 is 0 Å². The second-order valence-corrected chi connectivity index (χ2v) is 4.17. The lowest BCUT2D eigenvalue weighted by Gasteiger charge is -2.00. The number of hydrogen-bond donors (Lipinski definition) is 1. The molecule has 0 saturated carbocycles. The third-order valence-electron chi connectivity index (χ3n) is 2.88. The number of ether oxygens (including phenoxy) is 1. The second-order valence-electron chi connectivity index (χ2n) is 4.17. The standard InChI is InChI=1S/C13H16FNO2/c1-2-17-13(16)12-11(15-12)8-5-9-3-6-10(14)7-4-9/h3-4,6-7,11-12,15H,2,5,8H2,1H3. The van der Waals surface area contributed by atoms with Gasteiger partial charge in [-0.1, -0.05) is 12.1 Å². The molecule has 92 valence electrons. The second kappa shape index (κ2) is 5.27. The highest BCUT2D eigenvalue weighted by molar-refractivity contribution is 5.80. The van der Waals surface area contributed by atoms with Gasteiger partial charge in [-0.2, -0.15) is 0 Å². The van der Waals surface area contributed by atoms with E-state index in [2.05, 4.69) is 5.32 Å². The molecular weight excluding hydrogens is 221 g/mol. The number of esters is 1. The van der Waals surface area contributed by atoms with E-state index in [0.717, 1.165) is 18.4 Å². The number of rotatable bonds is 5. The Labute approximate surface area is 100.0 Å². The Balaban J connectivity index is 1.74. The van der Waals surface area contributed by atoms with Crippen LogP contribution in [-0.4, -0.2) is 24.7 Å². The summed E-state index contributed by atoms with van der Waals surface area (Å²) in [6.07, 6.45) is 1.71. The SMILES string of the molecule is CCOC(=O)C1NC1CCc1ccc(F)cc1. The normalized spacial score (nSPS) is 22.2. The van der Waals surface area contributed by atoms with Crippen molar-refractivity contribution in [3.05, 3.63) is 35.6 Å². The Morgan fingerprint density at radius 3 is 2.76 bits per heavy atom. The fourth-order valence-corrected chi connectivity index (χ4v) is 1.86. The number of halogens is 1. The average Bonchev–Trinajstić information content (AvgIpc) is 3.08. The van der Waals surface area contributed by atoms with Crippen LogP contribution in [0.3, 0.4) is 0 Å². The van der Waals surface area contributed by atoms with Gasteiger partial charge >= 0.3 is 5.97 Å². The highest BCUT2D eigenvalue weighted by atomic mass is 19.1. The van der Waals surface area contributed by atoms with Gasteiger partial charge in [0.2, 0.25) is 0 Å². The van der Waals surface area contributed by atoms with E-state index in [-0.39, 0.29) is 23.9 Å². The minimum Gasteiger partial charge on any atom is -0.465 e. The monoisotopic (exact) mass is 237 g/mol. The van der Waals surface area contributed by atoms with Gasteiger partial charge in [0.25, 0.3) is 0 Å². The summed E-state index contributed by atoms with van der Waals surface area (Å²) in [6.45, 7) is 2.22. The molecular formula is C13H16FNO2. The Morgan fingerprint density at radius 1 is 1.41 bits per heavy atom. The zero-order valence-corrected chi connectivity index (χ0v) is 9.78. The maximum atomic E-state index is 12.7. The van der Waals surface area contributed by atoms with Crippen LogP contribution < -0.4 is 5.32 Å². The van der Waals surface area contributed by atoms with Gasteiger partial charge < -0.3 is 4.74 Å². The number of carbonyl (C=O) groups excluding carboxylic acids is 1. The lowest BCUT2D eigenvalue weighted by molar-refractivity contribution is -0.142. The van der Waals surface area contributed by atoms with Gasteiger partial charge in [-0.15, -0.1) is 0 Å². The van der Waals surface area contributed by atoms with E-state index in [4.69, 9.17) is 4.74 Å². The van der Waals surface area contributed by atoms with E-state index in [1.807, 2.05) is 0 Å². The van der Waals surface area contributed by atoms with Crippen LogP contribution in [0.5, 0.6) is 0 Å². The molecule has 1 aliphatic rings. The Hall–Kier alpha value is -1.42. The first-order valence-electron chi connectivity index (χ1n) is 5.88. The van der Waals surface area contributed by atoms with Gasteiger partial charge in [-0.3, -0.25) is 10.1 Å². The molecule has 1 aliphatic heterocycles. The first-order chi connectivity index (χ1) is 8.20. The van der Waals surface area contributed by atoms with Crippen molar-refractivity contribution in [2.45, 2.75) is 31.8 Å². The molecule has 2 unspecified atom stereocenters. The Bertz CT molecular complexity index is 391. The van der Waals surface area contributed by atoms with E-state index < -0.39 is 0 Å². The van der Waals surface area contributed by atoms with Crippen molar-refractivity contribution < 1.29 is 13.9 Å². The van der Waals surface area contributed by atoms with Crippen LogP contribution in [0.2, 0.25) is 0 Å². The van der Waals surface area contributed by atoms with Crippen LogP contribution >= 0.6 is 0 Å². The van der Waals surface area contributed by atoms with Crippen molar-refractivity contribution in [3.8, 4) is 0 Å². The van der Waals surface area contributed by atoms with Gasteiger partial charge in [-0.25, -0.2) is 4.39 Å². The minimum atomic E-state index is -0.220. The number of aryl methyl sites for hydroxylation is 1. The fourth-order valence-electron chi connectivity index (χ4n) is 1.86. The molecule has 0 amide bonds. The van der Waals surface area contributed by atoms with Crippen molar-refractivity contribution in [2.24, 2.45) is 0 Å². The molecule has 17 heavy (non-hydrogen) atoms. The maximum absolute atomic E-state index is 12.7. The average molecular weight is 237 g/mol. The molecule has 4 heteroatoms. The van der Waals surface area contributed by atoms with Crippen LogP contribution in [0, 0.1) is 5.82 Å². The number of hydrogen-bond acceptors (Lipinski definition) is 3. The smallest absolute Gasteiger partial charge is 0.324 e. The van der Waals surface area contributed by atoms with Crippen LogP contribution in [0.15, 0.2) is 24.3 Å². The predicted molar refractivity (Wildman–Crippen MR) is 62.1 cm³/mol. The van der Waals surface area contributed by atoms with Crippen molar-refractivity contribution in [1.29, 1.82) is 0 Å².